The second-order valence-corrected chi connectivity index (χ2v) is 13.3. The lowest BCUT2D eigenvalue weighted by Gasteiger charge is -2.32. The van der Waals surface area contributed by atoms with Crippen molar-refractivity contribution in [2.45, 2.75) is 4.90 Å². The third kappa shape index (κ3) is 3.65. The number of hydrogen-bond acceptors (Lipinski definition) is 5. The first-order valence-electron chi connectivity index (χ1n) is 15.4. The molecule has 3 nitrogen and oxygen atoms in total. The Labute approximate surface area is 269 Å². The van der Waals surface area contributed by atoms with Gasteiger partial charge >= 0.3 is 0 Å². The molecule has 0 atom stereocenters. The third-order valence-electron chi connectivity index (χ3n) is 8.78. The second-order valence-electron chi connectivity index (χ2n) is 11.3. The number of rotatable bonds is 2. The number of aromatic nitrogens is 2. The van der Waals surface area contributed by atoms with E-state index in [-0.39, 0.29) is 0 Å². The summed E-state index contributed by atoms with van der Waals surface area (Å²) in [5, 5.41) is 7.78. The van der Waals surface area contributed by atoms with Crippen molar-refractivity contribution in [3.05, 3.63) is 140 Å². The van der Waals surface area contributed by atoms with Crippen LogP contribution in [0.5, 0.6) is 0 Å². The van der Waals surface area contributed by atoms with Gasteiger partial charge in [0.05, 0.1) is 23.0 Å². The molecule has 0 saturated carbocycles. The van der Waals surface area contributed by atoms with Crippen LogP contribution in [0.3, 0.4) is 0 Å². The molecular weight excluding hydrogens is 587 g/mol. The van der Waals surface area contributed by atoms with Crippen molar-refractivity contribution in [3.8, 4) is 22.4 Å². The zero-order valence-corrected chi connectivity index (χ0v) is 25.5. The number of hydrogen-bond donors (Lipinski definition) is 0. The number of anilines is 2. The number of thiophene rings is 1. The van der Waals surface area contributed by atoms with Crippen molar-refractivity contribution >= 4 is 87.5 Å². The Morgan fingerprint density at radius 2 is 1.31 bits per heavy atom. The summed E-state index contributed by atoms with van der Waals surface area (Å²) >= 11 is 3.47. The first-order chi connectivity index (χ1) is 22.7. The SMILES string of the molecule is [2H]c1cccc2c3c(c4sc5ccccc5c4c12)N(c1nc(-c2ccccc2)c2ccccc2n1)Sc1ccc2ccccc2c1-3. The fourth-order valence-electron chi connectivity index (χ4n) is 6.84. The lowest BCUT2D eigenvalue weighted by Crippen LogP contribution is -2.16. The maximum atomic E-state index is 9.21. The molecule has 210 valence electrons. The number of fused-ring (bicyclic) bond motifs is 13. The zero-order valence-electron chi connectivity index (χ0n) is 24.9. The van der Waals surface area contributed by atoms with E-state index in [2.05, 4.69) is 113 Å². The van der Waals surface area contributed by atoms with E-state index < -0.39 is 0 Å². The van der Waals surface area contributed by atoms with E-state index in [9.17, 15) is 1.37 Å². The molecule has 3 heterocycles. The number of para-hydroxylation sites is 1. The van der Waals surface area contributed by atoms with Crippen LogP contribution in [-0.2, 0) is 0 Å². The highest BCUT2D eigenvalue weighted by Gasteiger charge is 2.33. The van der Waals surface area contributed by atoms with Gasteiger partial charge < -0.3 is 0 Å². The summed E-state index contributed by atoms with van der Waals surface area (Å²) < 4.78 is 13.8. The molecule has 0 N–H and O–H groups in total. The van der Waals surface area contributed by atoms with Gasteiger partial charge in [0.25, 0.3) is 0 Å². The summed E-state index contributed by atoms with van der Waals surface area (Å²) in [5.41, 5.74) is 6.28. The highest BCUT2D eigenvalue weighted by atomic mass is 32.2. The van der Waals surface area contributed by atoms with E-state index in [0.717, 1.165) is 59.2 Å². The Kier molecular flexibility index (Phi) is 5.17. The Bertz CT molecular complexity index is 2700. The molecule has 0 amide bonds. The average molecular weight is 611 g/mol. The van der Waals surface area contributed by atoms with Crippen molar-refractivity contribution in [2.75, 3.05) is 4.31 Å². The van der Waals surface area contributed by atoms with Crippen LogP contribution >= 0.6 is 23.3 Å². The highest BCUT2D eigenvalue weighted by molar-refractivity contribution is 8.01. The minimum absolute atomic E-state index is 0.536. The van der Waals surface area contributed by atoms with Gasteiger partial charge in [0.1, 0.15) is 0 Å². The van der Waals surface area contributed by atoms with Gasteiger partial charge in [-0.15, -0.1) is 11.3 Å². The molecular formula is C40H23N3S2. The monoisotopic (exact) mass is 610 g/mol. The average Bonchev–Trinajstić information content (AvgIpc) is 3.50. The van der Waals surface area contributed by atoms with E-state index in [0.29, 0.717) is 12.0 Å². The van der Waals surface area contributed by atoms with Crippen molar-refractivity contribution < 1.29 is 1.37 Å². The van der Waals surface area contributed by atoms with Crippen molar-refractivity contribution in [2.24, 2.45) is 0 Å². The van der Waals surface area contributed by atoms with E-state index >= 15 is 0 Å². The molecule has 10 rings (SSSR count). The molecule has 2 aromatic heterocycles. The summed E-state index contributed by atoms with van der Waals surface area (Å²) in [5.74, 6) is 0.641. The third-order valence-corrected chi connectivity index (χ3v) is 11.0. The summed E-state index contributed by atoms with van der Waals surface area (Å²) in [6.07, 6.45) is 0. The Hall–Kier alpha value is -5.23. The second kappa shape index (κ2) is 9.63. The fourth-order valence-corrected chi connectivity index (χ4v) is 9.22. The first kappa shape index (κ1) is 24.1. The molecule has 7 aromatic carbocycles. The van der Waals surface area contributed by atoms with Gasteiger partial charge in [0.2, 0.25) is 5.95 Å². The normalized spacial score (nSPS) is 13.1. The van der Waals surface area contributed by atoms with E-state index in [1.165, 1.54) is 26.4 Å². The lowest BCUT2D eigenvalue weighted by atomic mass is 9.90. The molecule has 0 fully saturated rings. The molecule has 0 saturated heterocycles. The van der Waals surface area contributed by atoms with Crippen LogP contribution in [0.1, 0.15) is 1.37 Å². The molecule has 0 aliphatic carbocycles. The van der Waals surface area contributed by atoms with Crippen LogP contribution in [-0.4, -0.2) is 9.97 Å². The first-order valence-corrected chi connectivity index (χ1v) is 16.5. The van der Waals surface area contributed by atoms with Crippen LogP contribution in [0.2, 0.25) is 0 Å². The summed E-state index contributed by atoms with van der Waals surface area (Å²) in [6.45, 7) is 0. The molecule has 5 heteroatoms. The van der Waals surface area contributed by atoms with Gasteiger partial charge in [-0.3, -0.25) is 0 Å². The van der Waals surface area contributed by atoms with E-state index in [1.807, 2.05) is 24.3 Å². The molecule has 9 aromatic rings. The lowest BCUT2D eigenvalue weighted by molar-refractivity contribution is 1.17. The van der Waals surface area contributed by atoms with Crippen LogP contribution in [0, 0.1) is 0 Å². The molecule has 0 radical (unpaired) electrons. The number of benzene rings is 7. The Morgan fingerprint density at radius 1 is 0.578 bits per heavy atom. The zero-order chi connectivity index (χ0) is 30.4. The standard InChI is InChI=1S/C40H23N3S2/c1-2-13-25(14-3-1)37-29-18-8-10-20-31(29)41-40(42-37)43-38-36(35-26-15-5-4-12-24(26)22-23-33(35)45-43)28-17-7-6-16-27(28)34-30-19-9-11-21-32(30)44-39(34)38/h1-23H/i16D. The molecule has 0 unspecified atom stereocenters. The van der Waals surface area contributed by atoms with Gasteiger partial charge in [-0.25, -0.2) is 14.3 Å². The molecule has 1 aliphatic rings. The summed E-state index contributed by atoms with van der Waals surface area (Å²) in [6, 6.07) is 46.9. The largest absolute Gasteiger partial charge is 0.246 e. The van der Waals surface area contributed by atoms with E-state index in [4.69, 9.17) is 9.97 Å². The molecule has 0 spiro atoms. The summed E-state index contributed by atoms with van der Waals surface area (Å²) in [7, 11) is 0. The predicted molar refractivity (Wildman–Crippen MR) is 193 cm³/mol. The van der Waals surface area contributed by atoms with Gasteiger partial charge in [-0.1, -0.05) is 121 Å². The molecule has 0 bridgehead atoms. The summed E-state index contributed by atoms with van der Waals surface area (Å²) in [4.78, 5) is 11.7. The van der Waals surface area contributed by atoms with Crippen LogP contribution in [0.4, 0.5) is 11.6 Å². The van der Waals surface area contributed by atoms with Crippen molar-refractivity contribution in [1.29, 1.82) is 0 Å². The van der Waals surface area contributed by atoms with Crippen molar-refractivity contribution in [3.63, 3.8) is 0 Å². The van der Waals surface area contributed by atoms with Crippen LogP contribution < -0.4 is 4.31 Å². The molecule has 1 aliphatic heterocycles. The predicted octanol–water partition coefficient (Wildman–Crippen LogP) is 11.8. The van der Waals surface area contributed by atoms with Crippen LogP contribution in [0.15, 0.2) is 144 Å². The van der Waals surface area contributed by atoms with Gasteiger partial charge in [0, 0.05) is 42.4 Å². The van der Waals surface area contributed by atoms with Gasteiger partial charge in [0.15, 0.2) is 0 Å². The van der Waals surface area contributed by atoms with E-state index in [1.54, 1.807) is 23.3 Å². The molecule has 45 heavy (non-hydrogen) atoms. The maximum Gasteiger partial charge on any atom is 0.241 e. The topological polar surface area (TPSA) is 29.0 Å². The highest BCUT2D eigenvalue weighted by Crippen LogP contribution is 2.59. The van der Waals surface area contributed by atoms with Crippen molar-refractivity contribution in [1.82, 2.24) is 9.97 Å². The van der Waals surface area contributed by atoms with Crippen LogP contribution in [0.25, 0.3) is 75.0 Å². The maximum absolute atomic E-state index is 9.21. The Morgan fingerprint density at radius 3 is 2.22 bits per heavy atom. The minimum Gasteiger partial charge on any atom is -0.246 e. The number of nitrogens with zero attached hydrogens (tertiary/aromatic N) is 3. The smallest absolute Gasteiger partial charge is 0.241 e. The fraction of sp³-hybridized carbons (Fsp3) is 0. The van der Waals surface area contributed by atoms with Gasteiger partial charge in [-0.2, -0.15) is 0 Å². The van der Waals surface area contributed by atoms with Gasteiger partial charge in [-0.05, 0) is 51.7 Å². The Balaban J connectivity index is 1.40. The minimum atomic E-state index is 0.536. The quantitative estimate of drug-likeness (QED) is 0.182.